The summed E-state index contributed by atoms with van der Waals surface area (Å²) in [6.07, 6.45) is 3.74. The van der Waals surface area contributed by atoms with Gasteiger partial charge in [-0.15, -0.1) is 0 Å². The summed E-state index contributed by atoms with van der Waals surface area (Å²) < 4.78 is 4.58. The number of rotatable bonds is 10. The monoisotopic (exact) mass is 623 g/mol. The van der Waals surface area contributed by atoms with Gasteiger partial charge in [0, 0.05) is 55.5 Å². The van der Waals surface area contributed by atoms with Crippen LogP contribution in [-0.2, 0) is 16.0 Å². The van der Waals surface area contributed by atoms with Crippen molar-refractivity contribution in [2.75, 3.05) is 42.9 Å². The third-order valence-corrected chi connectivity index (χ3v) is 9.13. The van der Waals surface area contributed by atoms with Crippen molar-refractivity contribution in [3.8, 4) is 22.5 Å². The summed E-state index contributed by atoms with van der Waals surface area (Å²) in [6, 6.07) is 22.9. The lowest BCUT2D eigenvalue weighted by Crippen LogP contribution is -2.48. The Labute approximate surface area is 267 Å². The second kappa shape index (κ2) is 14.6. The summed E-state index contributed by atoms with van der Waals surface area (Å²) >= 11 is 0. The molecule has 6 N–H and O–H groups in total. The number of nitrogens with zero attached hydrogens (tertiary/aromatic N) is 2. The van der Waals surface area contributed by atoms with Gasteiger partial charge in [0.1, 0.15) is 6.04 Å². The fourth-order valence-electron chi connectivity index (χ4n) is 6.31. The van der Waals surface area contributed by atoms with Gasteiger partial charge in [-0.3, -0.25) is 19.1 Å². The van der Waals surface area contributed by atoms with Crippen LogP contribution < -0.4 is 32.3 Å². The maximum atomic E-state index is 13.6. The number of nitrogens with two attached hydrogens (primary N) is 1. The minimum absolute atomic E-state index is 0.0952. The predicted octanol–water partition coefficient (Wildman–Crippen LogP) is 3.54. The zero-order valence-corrected chi connectivity index (χ0v) is 25.8. The lowest BCUT2D eigenvalue weighted by atomic mass is 9.81. The molecule has 2 amide bonds. The van der Waals surface area contributed by atoms with Gasteiger partial charge in [0.15, 0.2) is 5.82 Å². The molecule has 1 saturated heterocycles. The highest BCUT2D eigenvalue weighted by Gasteiger charge is 2.29. The number of carbonyl (C=O) groups is 2. The van der Waals surface area contributed by atoms with Crippen molar-refractivity contribution in [3.05, 3.63) is 88.9 Å². The van der Waals surface area contributed by atoms with Crippen LogP contribution in [0.2, 0.25) is 0 Å². The SMILES string of the molecule is NCC1CCC(C(=O)NC(Cc2ccc(-c3ccc(N4CCNCC4)cc3)cc2)C(=O)Nc2ccc(-c3noc(=O)[nH]3)cc2)CC1. The van der Waals surface area contributed by atoms with Crippen LogP contribution >= 0.6 is 0 Å². The van der Waals surface area contributed by atoms with Gasteiger partial charge in [0.25, 0.3) is 0 Å². The lowest BCUT2D eigenvalue weighted by molar-refractivity contribution is -0.130. The Morgan fingerprint density at radius 2 is 1.52 bits per heavy atom. The Kier molecular flexibility index (Phi) is 9.90. The summed E-state index contributed by atoms with van der Waals surface area (Å²) in [6.45, 7) is 4.64. The van der Waals surface area contributed by atoms with Crippen LogP contribution in [0.5, 0.6) is 0 Å². The molecule has 11 heteroatoms. The zero-order chi connectivity index (χ0) is 31.9. The number of nitrogens with one attached hydrogen (secondary N) is 4. The molecular weight excluding hydrogens is 582 g/mol. The Morgan fingerprint density at radius 1 is 0.891 bits per heavy atom. The van der Waals surface area contributed by atoms with Crippen LogP contribution in [0.15, 0.2) is 82.1 Å². The van der Waals surface area contributed by atoms with E-state index < -0.39 is 11.8 Å². The van der Waals surface area contributed by atoms with Crippen LogP contribution in [-0.4, -0.2) is 60.7 Å². The molecule has 2 aliphatic rings. The van der Waals surface area contributed by atoms with Crippen molar-refractivity contribution in [3.63, 3.8) is 0 Å². The number of piperazine rings is 1. The summed E-state index contributed by atoms with van der Waals surface area (Å²) in [7, 11) is 0. The Bertz CT molecular complexity index is 1650. The van der Waals surface area contributed by atoms with Gasteiger partial charge >= 0.3 is 5.76 Å². The van der Waals surface area contributed by atoms with Gasteiger partial charge < -0.3 is 26.6 Å². The summed E-state index contributed by atoms with van der Waals surface area (Å²) in [5, 5.41) is 13.1. The molecule has 1 saturated carbocycles. The number of hydrogen-bond donors (Lipinski definition) is 5. The quantitative estimate of drug-likeness (QED) is 0.180. The van der Waals surface area contributed by atoms with Crippen LogP contribution in [0.4, 0.5) is 11.4 Å². The van der Waals surface area contributed by atoms with Crippen LogP contribution in [0, 0.1) is 11.8 Å². The fraction of sp³-hybridized carbons (Fsp3) is 0.371. The average Bonchev–Trinajstić information content (AvgIpc) is 3.55. The molecule has 0 bridgehead atoms. The molecule has 1 aromatic heterocycles. The van der Waals surface area contributed by atoms with E-state index in [4.69, 9.17) is 5.73 Å². The third-order valence-electron chi connectivity index (χ3n) is 9.13. The number of hydrogen-bond acceptors (Lipinski definition) is 8. The Hall–Kier alpha value is -4.74. The summed E-state index contributed by atoms with van der Waals surface area (Å²) in [4.78, 5) is 43.2. The van der Waals surface area contributed by atoms with Gasteiger partial charge in [-0.1, -0.05) is 41.6 Å². The van der Waals surface area contributed by atoms with Crippen molar-refractivity contribution in [2.45, 2.75) is 38.1 Å². The number of aromatic nitrogens is 2. The Balaban J connectivity index is 1.14. The molecule has 11 nitrogen and oxygen atoms in total. The highest BCUT2D eigenvalue weighted by molar-refractivity contribution is 5.97. The van der Waals surface area contributed by atoms with E-state index in [1.54, 1.807) is 24.3 Å². The fourth-order valence-corrected chi connectivity index (χ4v) is 6.31. The van der Waals surface area contributed by atoms with Crippen molar-refractivity contribution in [1.29, 1.82) is 0 Å². The minimum atomic E-state index is -0.768. The first-order valence-electron chi connectivity index (χ1n) is 16.1. The molecule has 2 heterocycles. The topological polar surface area (TPSA) is 158 Å². The van der Waals surface area contributed by atoms with E-state index in [1.165, 1.54) is 5.69 Å². The number of amides is 2. The molecule has 4 aromatic rings. The van der Waals surface area contributed by atoms with Gasteiger partial charge in [0.2, 0.25) is 11.8 Å². The Morgan fingerprint density at radius 3 is 2.13 bits per heavy atom. The van der Waals surface area contributed by atoms with Crippen molar-refractivity contribution >= 4 is 23.2 Å². The van der Waals surface area contributed by atoms with Crippen LogP contribution in [0.25, 0.3) is 22.5 Å². The molecule has 3 aromatic carbocycles. The number of anilines is 2. The van der Waals surface area contributed by atoms with Crippen LogP contribution in [0.1, 0.15) is 31.2 Å². The molecular formula is C35H41N7O4. The molecule has 240 valence electrons. The van der Waals surface area contributed by atoms with E-state index in [0.29, 0.717) is 36.0 Å². The second-order valence-electron chi connectivity index (χ2n) is 12.2. The molecule has 46 heavy (non-hydrogen) atoms. The molecule has 1 atom stereocenters. The van der Waals surface area contributed by atoms with Gasteiger partial charge in [-0.25, -0.2) is 4.79 Å². The summed E-state index contributed by atoms with van der Waals surface area (Å²) in [5.41, 5.74) is 11.4. The van der Waals surface area contributed by atoms with E-state index in [1.807, 2.05) is 12.1 Å². The highest BCUT2D eigenvalue weighted by atomic mass is 16.5. The molecule has 1 aliphatic carbocycles. The molecule has 1 unspecified atom stereocenters. The molecule has 0 radical (unpaired) electrons. The first kappa shape index (κ1) is 31.3. The smallest absolute Gasteiger partial charge is 0.369 e. The molecule has 2 fully saturated rings. The van der Waals surface area contributed by atoms with Crippen LogP contribution in [0.3, 0.4) is 0 Å². The number of carbonyl (C=O) groups excluding carboxylic acids is 2. The average molecular weight is 624 g/mol. The van der Waals surface area contributed by atoms with Crippen molar-refractivity contribution < 1.29 is 14.1 Å². The normalized spacial score (nSPS) is 18.9. The number of H-pyrrole nitrogens is 1. The first-order chi connectivity index (χ1) is 22.4. The maximum absolute atomic E-state index is 13.6. The van der Waals surface area contributed by atoms with Gasteiger partial charge in [-0.2, -0.15) is 0 Å². The largest absolute Gasteiger partial charge is 0.439 e. The number of aromatic amines is 1. The van der Waals surface area contributed by atoms with Crippen molar-refractivity contribution in [2.24, 2.45) is 17.6 Å². The van der Waals surface area contributed by atoms with E-state index in [9.17, 15) is 14.4 Å². The third kappa shape index (κ3) is 7.72. The molecule has 0 spiro atoms. The zero-order valence-electron chi connectivity index (χ0n) is 25.8. The highest BCUT2D eigenvalue weighted by Crippen LogP contribution is 2.29. The predicted molar refractivity (Wildman–Crippen MR) is 178 cm³/mol. The molecule has 6 rings (SSSR count). The minimum Gasteiger partial charge on any atom is -0.369 e. The van der Waals surface area contributed by atoms with E-state index in [2.05, 4.69) is 71.9 Å². The van der Waals surface area contributed by atoms with Gasteiger partial charge in [-0.05, 0) is 91.2 Å². The maximum Gasteiger partial charge on any atom is 0.439 e. The lowest BCUT2D eigenvalue weighted by Gasteiger charge is -2.29. The van der Waals surface area contributed by atoms with Gasteiger partial charge in [0.05, 0.1) is 0 Å². The van der Waals surface area contributed by atoms with E-state index in [0.717, 1.165) is 68.6 Å². The summed E-state index contributed by atoms with van der Waals surface area (Å²) in [5.74, 6) is -0.414. The standard InChI is InChI=1S/C35H41N7O4/c36-22-24-3-7-28(8-4-24)33(43)39-31(34(44)38-29-13-9-27(10-14-29)32-40-35(45)46-41-32)21-23-1-5-25(6-2-23)26-11-15-30(16-12-26)42-19-17-37-18-20-42/h1-2,5-6,9-16,24,28,31,37H,3-4,7-8,17-22,36H2,(H,38,44)(H,39,43)(H,40,41,45). The van der Waals surface area contributed by atoms with E-state index >= 15 is 0 Å². The second-order valence-corrected chi connectivity index (χ2v) is 12.2. The van der Waals surface area contributed by atoms with E-state index in [-0.39, 0.29) is 17.7 Å². The van der Waals surface area contributed by atoms with Crippen molar-refractivity contribution in [1.82, 2.24) is 20.8 Å². The molecule has 1 aliphatic heterocycles. The first-order valence-corrected chi connectivity index (χ1v) is 16.1. The number of benzene rings is 3.